The maximum atomic E-state index is 10.3. The summed E-state index contributed by atoms with van der Waals surface area (Å²) < 4.78 is 0. The monoisotopic (exact) mass is 174 g/mol. The molecule has 0 fully saturated rings. The van der Waals surface area contributed by atoms with Crippen LogP contribution < -0.4 is 0 Å². The molecule has 0 radical (unpaired) electrons. The number of carboxylic acids is 1. The molecule has 0 aliphatic heterocycles. The minimum atomic E-state index is -0.756. The van der Waals surface area contributed by atoms with E-state index in [1.807, 2.05) is 13.8 Å². The highest BCUT2D eigenvalue weighted by atomic mass is 16.4. The zero-order chi connectivity index (χ0) is 9.56. The summed E-state index contributed by atoms with van der Waals surface area (Å²) >= 11 is 0. The quantitative estimate of drug-likeness (QED) is 0.643. The van der Waals surface area contributed by atoms with Gasteiger partial charge in [-0.15, -0.1) is 0 Å². The molecular formula is C9H18O3. The maximum absolute atomic E-state index is 10.3. The van der Waals surface area contributed by atoms with E-state index in [1.165, 1.54) is 0 Å². The molecule has 0 spiro atoms. The highest BCUT2D eigenvalue weighted by Gasteiger charge is 2.09. The van der Waals surface area contributed by atoms with E-state index in [0.29, 0.717) is 6.42 Å². The van der Waals surface area contributed by atoms with Crippen molar-refractivity contribution in [1.29, 1.82) is 0 Å². The van der Waals surface area contributed by atoms with Gasteiger partial charge in [-0.2, -0.15) is 0 Å². The van der Waals surface area contributed by atoms with E-state index in [1.54, 1.807) is 0 Å². The number of aliphatic hydroxyl groups excluding tert-OH is 1. The Kier molecular flexibility index (Phi) is 5.72. The average Bonchev–Trinajstić information content (AvgIpc) is 1.99. The number of aliphatic hydroxyl groups is 1. The standard InChI is InChI=1S/C9H18O3/c1-3-8(10)5-4-7(2)6-9(11)12/h7-8,10H,3-6H2,1-2H3,(H,11,12). The van der Waals surface area contributed by atoms with Gasteiger partial charge in [-0.3, -0.25) is 4.79 Å². The smallest absolute Gasteiger partial charge is 0.303 e. The summed E-state index contributed by atoms with van der Waals surface area (Å²) in [5, 5.41) is 17.6. The van der Waals surface area contributed by atoms with Crippen LogP contribution in [0.3, 0.4) is 0 Å². The van der Waals surface area contributed by atoms with E-state index in [4.69, 9.17) is 5.11 Å². The summed E-state index contributed by atoms with van der Waals surface area (Å²) in [5.41, 5.74) is 0. The molecule has 0 aliphatic carbocycles. The van der Waals surface area contributed by atoms with Crippen LogP contribution in [0.1, 0.15) is 39.5 Å². The Balaban J connectivity index is 3.43. The van der Waals surface area contributed by atoms with Crippen molar-refractivity contribution in [1.82, 2.24) is 0 Å². The van der Waals surface area contributed by atoms with Crippen molar-refractivity contribution in [3.8, 4) is 0 Å². The van der Waals surface area contributed by atoms with Gasteiger partial charge < -0.3 is 10.2 Å². The first-order valence-electron chi connectivity index (χ1n) is 4.46. The van der Waals surface area contributed by atoms with Crippen molar-refractivity contribution in [2.24, 2.45) is 5.92 Å². The molecule has 0 saturated carbocycles. The molecule has 0 saturated heterocycles. The number of hydrogen-bond acceptors (Lipinski definition) is 2. The first-order chi connectivity index (χ1) is 5.56. The van der Waals surface area contributed by atoms with Gasteiger partial charge in [-0.05, 0) is 25.2 Å². The van der Waals surface area contributed by atoms with E-state index in [0.717, 1.165) is 12.8 Å². The average molecular weight is 174 g/mol. The molecule has 0 amide bonds. The molecule has 0 aromatic rings. The van der Waals surface area contributed by atoms with Crippen LogP contribution in [0, 0.1) is 5.92 Å². The van der Waals surface area contributed by atoms with E-state index >= 15 is 0 Å². The van der Waals surface area contributed by atoms with Gasteiger partial charge in [0, 0.05) is 6.42 Å². The molecule has 2 N–H and O–H groups in total. The third-order valence-electron chi connectivity index (χ3n) is 1.99. The van der Waals surface area contributed by atoms with Crippen molar-refractivity contribution < 1.29 is 15.0 Å². The van der Waals surface area contributed by atoms with Gasteiger partial charge in [0.1, 0.15) is 0 Å². The molecule has 2 atom stereocenters. The van der Waals surface area contributed by atoms with Gasteiger partial charge >= 0.3 is 5.97 Å². The highest BCUT2D eigenvalue weighted by Crippen LogP contribution is 2.12. The van der Waals surface area contributed by atoms with Crippen LogP contribution in [-0.4, -0.2) is 22.3 Å². The Labute approximate surface area is 73.4 Å². The van der Waals surface area contributed by atoms with Crippen LogP contribution in [0.25, 0.3) is 0 Å². The highest BCUT2D eigenvalue weighted by molar-refractivity contribution is 5.66. The number of hydrogen-bond donors (Lipinski definition) is 2. The predicted molar refractivity (Wildman–Crippen MR) is 46.9 cm³/mol. The number of aliphatic carboxylic acids is 1. The SMILES string of the molecule is CCC(O)CCC(C)CC(=O)O. The molecular weight excluding hydrogens is 156 g/mol. The molecule has 0 bridgehead atoms. The topological polar surface area (TPSA) is 57.5 Å². The Bertz CT molecular complexity index is 134. The van der Waals surface area contributed by atoms with E-state index < -0.39 is 5.97 Å². The zero-order valence-electron chi connectivity index (χ0n) is 7.79. The van der Waals surface area contributed by atoms with Crippen LogP contribution in [0.4, 0.5) is 0 Å². The fourth-order valence-electron chi connectivity index (χ4n) is 1.08. The Hall–Kier alpha value is -0.570. The Morgan fingerprint density at radius 1 is 1.42 bits per heavy atom. The molecule has 0 aromatic carbocycles. The van der Waals surface area contributed by atoms with E-state index in [-0.39, 0.29) is 18.4 Å². The number of carboxylic acid groups (broad SMARTS) is 1. The summed E-state index contributed by atoms with van der Waals surface area (Å²) in [7, 11) is 0. The lowest BCUT2D eigenvalue weighted by Gasteiger charge is -2.11. The second kappa shape index (κ2) is 6.00. The lowest BCUT2D eigenvalue weighted by molar-refractivity contribution is -0.138. The normalized spacial score (nSPS) is 15.6. The molecule has 3 heteroatoms. The maximum Gasteiger partial charge on any atom is 0.303 e. The molecule has 0 heterocycles. The van der Waals surface area contributed by atoms with E-state index in [2.05, 4.69) is 0 Å². The summed E-state index contributed by atoms with van der Waals surface area (Å²) in [5.74, 6) is -0.586. The number of rotatable bonds is 6. The molecule has 3 nitrogen and oxygen atoms in total. The molecule has 12 heavy (non-hydrogen) atoms. The minimum Gasteiger partial charge on any atom is -0.481 e. The molecule has 0 aromatic heterocycles. The summed E-state index contributed by atoms with van der Waals surface area (Å²) in [4.78, 5) is 10.3. The van der Waals surface area contributed by atoms with Crippen molar-refractivity contribution in [3.63, 3.8) is 0 Å². The van der Waals surface area contributed by atoms with Crippen molar-refractivity contribution >= 4 is 5.97 Å². The van der Waals surface area contributed by atoms with E-state index in [9.17, 15) is 9.90 Å². The van der Waals surface area contributed by atoms with Crippen molar-refractivity contribution in [2.45, 2.75) is 45.6 Å². The van der Waals surface area contributed by atoms with Crippen molar-refractivity contribution in [3.05, 3.63) is 0 Å². The number of carbonyl (C=O) groups is 1. The Morgan fingerprint density at radius 3 is 2.42 bits per heavy atom. The molecule has 72 valence electrons. The third-order valence-corrected chi connectivity index (χ3v) is 1.99. The zero-order valence-corrected chi connectivity index (χ0v) is 7.79. The van der Waals surface area contributed by atoms with Crippen LogP contribution in [0.15, 0.2) is 0 Å². The van der Waals surface area contributed by atoms with Gasteiger partial charge in [0.25, 0.3) is 0 Å². The Morgan fingerprint density at radius 2 is 2.00 bits per heavy atom. The second-order valence-corrected chi connectivity index (χ2v) is 3.34. The van der Waals surface area contributed by atoms with Crippen molar-refractivity contribution in [2.75, 3.05) is 0 Å². The predicted octanol–water partition coefficient (Wildman–Crippen LogP) is 1.65. The fourth-order valence-corrected chi connectivity index (χ4v) is 1.08. The summed E-state index contributed by atoms with van der Waals surface area (Å²) in [6, 6.07) is 0. The van der Waals surface area contributed by atoms with Gasteiger partial charge in [0.05, 0.1) is 6.10 Å². The summed E-state index contributed by atoms with van der Waals surface area (Å²) in [6.07, 6.45) is 2.20. The molecule has 0 aliphatic rings. The van der Waals surface area contributed by atoms with Gasteiger partial charge in [0.15, 0.2) is 0 Å². The fraction of sp³-hybridized carbons (Fsp3) is 0.889. The first-order valence-corrected chi connectivity index (χ1v) is 4.46. The van der Waals surface area contributed by atoms with Gasteiger partial charge in [-0.1, -0.05) is 13.8 Å². The summed E-state index contributed by atoms with van der Waals surface area (Å²) in [6.45, 7) is 3.82. The second-order valence-electron chi connectivity index (χ2n) is 3.34. The lowest BCUT2D eigenvalue weighted by Crippen LogP contribution is -2.09. The first kappa shape index (κ1) is 11.4. The molecule has 2 unspecified atom stereocenters. The van der Waals surface area contributed by atoms with Crippen LogP contribution in [0.5, 0.6) is 0 Å². The third kappa shape index (κ3) is 6.16. The largest absolute Gasteiger partial charge is 0.481 e. The van der Waals surface area contributed by atoms with Crippen LogP contribution in [0.2, 0.25) is 0 Å². The van der Waals surface area contributed by atoms with Crippen LogP contribution in [-0.2, 0) is 4.79 Å². The lowest BCUT2D eigenvalue weighted by atomic mass is 9.99. The van der Waals surface area contributed by atoms with Gasteiger partial charge in [0.2, 0.25) is 0 Å². The minimum absolute atomic E-state index is 0.170. The van der Waals surface area contributed by atoms with Gasteiger partial charge in [-0.25, -0.2) is 0 Å². The van der Waals surface area contributed by atoms with Crippen LogP contribution >= 0.6 is 0 Å². The molecule has 0 rings (SSSR count).